The molecule has 0 aromatic carbocycles. The standard InChI is InChI=1S/C30H56O6.C18H35N2O3.C16H30N2O3.C11H20O3.C7H14O.C3H8O3S.2CH4/c1-9-12-13-17-20-34-21-18-15-14-16-19-25(31)29(6,7)24-30(8,11-3)27(33)36-23-22-35-26(32)28(4,5)10-2;1-7-18(4,14-15(3)19-11-9-10-16(19)21)17(22)23-13-12-20(5,6)8-2;1-6-13(18-9-7-8-14(18)19)12-16(2,3)15(20)21-11-10-17(4)5;1-4-5-6-11(2,3)10(12)14-8-9-7-13-9;1-5-7(3,4)6(2)8;1-3-6-7(2,4)5;;/h9-24H2,1-8H3;15H,7-14H2,1-6H3;13H,6-12H2,1-5H3;9H,4-8H2,1-3H3;5H2,1-4H3;3H2,1-2H3;2*1H4/q;+1;;;;;;. The van der Waals surface area contributed by atoms with Crippen LogP contribution in [0.15, 0.2) is 0 Å². The third-order valence-electron chi connectivity index (χ3n) is 21.6. The van der Waals surface area contributed by atoms with E-state index in [9.17, 15) is 51.6 Å². The number of likely N-dealkylation sites (N-methyl/N-ethyl adjacent to an activating group) is 2. The monoisotopic (exact) mass is 1610 g/mol. The highest BCUT2D eigenvalue weighted by Crippen LogP contribution is 2.40. The van der Waals surface area contributed by atoms with Crippen molar-refractivity contribution in [2.45, 2.75) is 346 Å². The van der Waals surface area contributed by atoms with E-state index in [0.29, 0.717) is 71.2 Å². The van der Waals surface area contributed by atoms with Crippen LogP contribution in [-0.4, -0.2) is 226 Å². The molecule has 0 bridgehead atoms. The summed E-state index contributed by atoms with van der Waals surface area (Å²) in [6.45, 7) is 52.9. The number of Topliss-reactive ketones (excluding diaryl/α,β-unsaturated/α-hetero) is 2. The lowest BCUT2D eigenvalue weighted by molar-refractivity contribution is -0.888. The van der Waals surface area contributed by atoms with Crippen molar-refractivity contribution in [3.8, 4) is 0 Å². The number of carbonyl (C=O) groups excluding carboxylic acids is 9. The second kappa shape index (κ2) is 58.3. The molecular weight excluding hydrogens is 1440 g/mol. The summed E-state index contributed by atoms with van der Waals surface area (Å²) in [4.78, 5) is 115. The van der Waals surface area contributed by atoms with Crippen LogP contribution in [0.3, 0.4) is 0 Å². The highest BCUT2D eigenvalue weighted by Gasteiger charge is 2.43. The second-order valence-electron chi connectivity index (χ2n) is 34.7. The van der Waals surface area contributed by atoms with E-state index in [0.717, 1.165) is 147 Å². The number of ketones is 2. The van der Waals surface area contributed by atoms with E-state index in [1.807, 2.05) is 146 Å². The van der Waals surface area contributed by atoms with Crippen LogP contribution < -0.4 is 0 Å². The van der Waals surface area contributed by atoms with Crippen molar-refractivity contribution in [2.24, 2.45) is 37.9 Å². The molecule has 0 aliphatic carbocycles. The Balaban J connectivity index is -0.000000435. The van der Waals surface area contributed by atoms with Gasteiger partial charge in [-0.25, -0.2) is 0 Å². The van der Waals surface area contributed by atoms with Crippen molar-refractivity contribution < 1.29 is 93.4 Å². The molecule has 24 heteroatoms. The molecule has 3 saturated heterocycles. The van der Waals surface area contributed by atoms with Crippen LogP contribution in [0.5, 0.6) is 0 Å². The van der Waals surface area contributed by atoms with Crippen LogP contribution in [0.25, 0.3) is 0 Å². The molecule has 111 heavy (non-hydrogen) atoms. The highest BCUT2D eigenvalue weighted by molar-refractivity contribution is 7.85. The van der Waals surface area contributed by atoms with Gasteiger partial charge in [-0.15, -0.1) is 0 Å². The summed E-state index contributed by atoms with van der Waals surface area (Å²) in [5, 5.41) is 0. The Bertz CT molecular complexity index is 2730. The van der Waals surface area contributed by atoms with Crippen molar-refractivity contribution >= 4 is 63.3 Å². The Kier molecular flexibility index (Phi) is 60.3. The van der Waals surface area contributed by atoms with Crippen LogP contribution in [-0.2, 0) is 90.6 Å². The number of epoxide rings is 1. The van der Waals surface area contributed by atoms with Gasteiger partial charge < -0.3 is 52.3 Å². The molecule has 3 fully saturated rings. The van der Waals surface area contributed by atoms with Gasteiger partial charge in [0.05, 0.1) is 67.2 Å². The van der Waals surface area contributed by atoms with Gasteiger partial charge in [0.1, 0.15) is 57.2 Å². The van der Waals surface area contributed by atoms with E-state index in [2.05, 4.69) is 46.0 Å². The van der Waals surface area contributed by atoms with Gasteiger partial charge in [-0.05, 0) is 187 Å². The molecule has 658 valence electrons. The van der Waals surface area contributed by atoms with Gasteiger partial charge in [-0.2, -0.15) is 8.42 Å². The first-order valence-electron chi connectivity index (χ1n) is 41.4. The predicted molar refractivity (Wildman–Crippen MR) is 449 cm³/mol. The van der Waals surface area contributed by atoms with Gasteiger partial charge in [-0.1, -0.05) is 136 Å². The maximum Gasteiger partial charge on any atom is 0.312 e. The molecule has 5 atom stereocenters. The summed E-state index contributed by atoms with van der Waals surface area (Å²) in [6.07, 6.45) is 22.4. The van der Waals surface area contributed by atoms with Gasteiger partial charge in [0.15, 0.2) is 0 Å². The van der Waals surface area contributed by atoms with Crippen molar-refractivity contribution in [3.63, 3.8) is 0 Å². The first-order valence-corrected chi connectivity index (χ1v) is 43.2. The third-order valence-corrected chi connectivity index (χ3v) is 22.3. The molecule has 0 aromatic heterocycles. The van der Waals surface area contributed by atoms with Crippen LogP contribution in [0.2, 0.25) is 0 Å². The van der Waals surface area contributed by atoms with Crippen molar-refractivity contribution in [1.82, 2.24) is 14.7 Å². The van der Waals surface area contributed by atoms with E-state index < -0.39 is 37.2 Å². The fourth-order valence-electron chi connectivity index (χ4n) is 11.5. The van der Waals surface area contributed by atoms with E-state index in [4.69, 9.17) is 33.2 Å². The largest absolute Gasteiger partial charge is 0.464 e. The van der Waals surface area contributed by atoms with Crippen molar-refractivity contribution in [2.75, 3.05) is 127 Å². The summed E-state index contributed by atoms with van der Waals surface area (Å²) in [5.74, 6) is -0.124. The summed E-state index contributed by atoms with van der Waals surface area (Å²) < 4.78 is 62.5. The molecule has 3 heterocycles. The zero-order valence-corrected chi connectivity index (χ0v) is 75.4. The van der Waals surface area contributed by atoms with Gasteiger partial charge >= 0.3 is 29.8 Å². The van der Waals surface area contributed by atoms with E-state index in [1.54, 1.807) is 13.8 Å². The molecule has 23 nitrogen and oxygen atoms in total. The second-order valence-corrected chi connectivity index (χ2v) is 36.4. The SMILES string of the molecule is C.C.CCC(C)(C)C(C)=O.CCC(C)(CC(C)N1CCCC1=O)C(=O)OCC[N+](C)(C)CC.CCC(CC(C)(C)C(=O)OCCN(C)C)N1CCCC1=O.CCCCC(C)(C)C(=O)OCC1CO1.CCCCCCOCCCCCCC(=O)C(C)(C)CC(C)(CC)C(=O)OCCOC(=O)C(C)(C)CC.CCOS(C)(=O)=O. The zero-order chi connectivity index (χ0) is 84.7. The third kappa shape index (κ3) is 51.2. The molecule has 0 spiro atoms. The summed E-state index contributed by atoms with van der Waals surface area (Å²) in [6, 6.07) is 0.224. The molecule has 0 aromatic rings. The fraction of sp³-hybridized carbons (Fsp3) is 0.897. The molecule has 0 N–H and O–H groups in total. The van der Waals surface area contributed by atoms with E-state index in [-0.39, 0.29) is 117 Å². The number of unbranched alkanes of at least 4 members (excludes halogenated alkanes) is 7. The first-order chi connectivity index (χ1) is 50.4. The predicted octanol–water partition coefficient (Wildman–Crippen LogP) is 17.2. The number of amides is 2. The maximum atomic E-state index is 13.0. The number of rotatable bonds is 49. The molecule has 0 radical (unpaired) electrons. The number of nitrogens with zero attached hydrogens (tertiary/aromatic N) is 4. The molecule has 3 rings (SSSR count). The average Bonchev–Trinajstić information content (AvgIpc) is 1.84. The number of likely N-dealkylation sites (tertiary alicyclic amines) is 2. The Morgan fingerprint density at radius 1 is 0.550 bits per heavy atom. The lowest BCUT2D eigenvalue weighted by Gasteiger charge is -2.34. The zero-order valence-electron chi connectivity index (χ0n) is 74.6. The average molecular weight is 1610 g/mol. The van der Waals surface area contributed by atoms with E-state index in [1.165, 1.54) is 19.3 Å². The smallest absolute Gasteiger partial charge is 0.312 e. The molecule has 3 aliphatic rings. The lowest BCUT2D eigenvalue weighted by Crippen LogP contribution is -2.44. The molecule has 2 amide bonds. The first kappa shape index (κ1) is 115. The molecule has 0 saturated carbocycles. The molecule has 5 unspecified atom stereocenters. The van der Waals surface area contributed by atoms with Gasteiger partial charge in [0.25, 0.3) is 10.1 Å². The van der Waals surface area contributed by atoms with E-state index >= 15 is 0 Å². The minimum Gasteiger partial charge on any atom is -0.464 e. The molecule has 3 aliphatic heterocycles. The molecular formula is C87H171N4O19S+. The number of hydrogen-bond acceptors (Lipinski definition) is 20. The number of hydrogen-bond donors (Lipinski definition) is 0. The number of esters is 5. The van der Waals surface area contributed by atoms with Crippen molar-refractivity contribution in [1.29, 1.82) is 0 Å². The Labute approximate surface area is 679 Å². The Morgan fingerprint density at radius 3 is 1.42 bits per heavy atom. The summed E-state index contributed by atoms with van der Waals surface area (Å²) in [7, 11) is 4.99. The number of carbonyl (C=O) groups is 9. The highest BCUT2D eigenvalue weighted by atomic mass is 32.2. The Hall–Kier alpha value is -4.62. The summed E-state index contributed by atoms with van der Waals surface area (Å²) in [5.41, 5.74) is -3.44. The minimum atomic E-state index is -3.17. The topological polar surface area (TPSA) is 275 Å². The normalized spacial score (nSPS) is 16.0. The number of quaternary nitrogens is 1. The van der Waals surface area contributed by atoms with Gasteiger partial charge in [0.2, 0.25) is 11.8 Å². The van der Waals surface area contributed by atoms with Crippen molar-refractivity contribution in [3.05, 3.63) is 0 Å². The van der Waals surface area contributed by atoms with Crippen LogP contribution in [0.1, 0.15) is 328 Å². The van der Waals surface area contributed by atoms with Gasteiger partial charge in [0, 0.05) is 75.0 Å². The van der Waals surface area contributed by atoms with Crippen LogP contribution >= 0.6 is 0 Å². The van der Waals surface area contributed by atoms with Crippen LogP contribution in [0.4, 0.5) is 0 Å². The maximum absolute atomic E-state index is 13.0. The lowest BCUT2D eigenvalue weighted by atomic mass is 9.69. The fourth-order valence-corrected chi connectivity index (χ4v) is 12.0. The summed E-state index contributed by atoms with van der Waals surface area (Å²) >= 11 is 0. The minimum absolute atomic E-state index is 0. The van der Waals surface area contributed by atoms with Gasteiger partial charge in [-0.3, -0.25) is 47.3 Å². The van der Waals surface area contributed by atoms with Crippen LogP contribution in [0, 0.1) is 37.9 Å². The quantitative estimate of drug-likeness (QED) is 0.0137. The Morgan fingerprint density at radius 2 is 1.01 bits per heavy atom. The number of ether oxygens (including phenoxy) is 7.